The Labute approximate surface area is 203 Å². The van der Waals surface area contributed by atoms with Crippen LogP contribution in [0.15, 0.2) is 84.5 Å². The fourth-order valence-electron chi connectivity index (χ4n) is 4.36. The molecule has 1 aliphatic rings. The molecule has 2 aromatic carbocycles. The van der Waals surface area contributed by atoms with Gasteiger partial charge in [-0.1, -0.05) is 30.3 Å². The maximum atomic E-state index is 13.8. The number of hydrogen-bond acceptors (Lipinski definition) is 5. The number of thiophene rings is 1. The van der Waals surface area contributed by atoms with Crippen molar-refractivity contribution in [2.75, 3.05) is 13.2 Å². The van der Waals surface area contributed by atoms with Gasteiger partial charge in [-0.3, -0.25) is 9.78 Å². The van der Waals surface area contributed by atoms with Crippen LogP contribution in [0.25, 0.3) is 0 Å². The molecule has 0 saturated carbocycles. The van der Waals surface area contributed by atoms with Crippen molar-refractivity contribution in [2.24, 2.45) is 0 Å². The van der Waals surface area contributed by atoms with E-state index >= 15 is 0 Å². The molecule has 34 heavy (non-hydrogen) atoms. The van der Waals surface area contributed by atoms with Gasteiger partial charge in [0.1, 0.15) is 6.61 Å². The van der Waals surface area contributed by atoms with E-state index in [0.717, 1.165) is 17.5 Å². The zero-order valence-electron chi connectivity index (χ0n) is 19.0. The van der Waals surface area contributed by atoms with E-state index in [4.69, 9.17) is 9.47 Å². The first-order valence-corrected chi connectivity index (χ1v) is 12.3. The lowest BCUT2D eigenvalue weighted by molar-refractivity contribution is 0.0695. The van der Waals surface area contributed by atoms with Crippen LogP contribution in [0.4, 0.5) is 0 Å². The van der Waals surface area contributed by atoms with E-state index in [1.807, 2.05) is 54.3 Å². The maximum absolute atomic E-state index is 13.8. The molecule has 6 heteroatoms. The SMILES string of the molecule is CCOc1cc(C(=O)N2CCc3sccc3C2c2ccccc2)ccc1OCc1ccncc1. The number of pyridine rings is 1. The summed E-state index contributed by atoms with van der Waals surface area (Å²) in [6, 6.07) is 21.6. The number of carbonyl (C=O) groups excluding carboxylic acids is 1. The Morgan fingerprint density at radius 3 is 2.65 bits per heavy atom. The van der Waals surface area contributed by atoms with E-state index in [1.54, 1.807) is 29.8 Å². The van der Waals surface area contributed by atoms with Crippen LogP contribution in [0.2, 0.25) is 0 Å². The van der Waals surface area contributed by atoms with Crippen LogP contribution in [0.1, 0.15) is 44.9 Å². The summed E-state index contributed by atoms with van der Waals surface area (Å²) in [5, 5.41) is 2.12. The fraction of sp³-hybridized carbons (Fsp3) is 0.214. The van der Waals surface area contributed by atoms with Gasteiger partial charge in [0.25, 0.3) is 5.91 Å². The Balaban J connectivity index is 1.43. The van der Waals surface area contributed by atoms with Gasteiger partial charge >= 0.3 is 0 Å². The molecular formula is C28H26N2O3S. The zero-order valence-corrected chi connectivity index (χ0v) is 19.8. The minimum Gasteiger partial charge on any atom is -0.490 e. The molecule has 1 unspecified atom stereocenters. The second-order valence-corrected chi connectivity index (χ2v) is 9.10. The number of aromatic nitrogens is 1. The first-order chi connectivity index (χ1) is 16.7. The summed E-state index contributed by atoms with van der Waals surface area (Å²) in [5.74, 6) is 1.19. The molecule has 0 radical (unpaired) electrons. The quantitative estimate of drug-likeness (QED) is 0.337. The molecule has 4 aromatic rings. The van der Waals surface area contributed by atoms with Gasteiger partial charge in [-0.05, 0) is 71.8 Å². The highest BCUT2D eigenvalue weighted by Crippen LogP contribution is 2.39. The number of benzene rings is 2. The van der Waals surface area contributed by atoms with E-state index in [-0.39, 0.29) is 11.9 Å². The summed E-state index contributed by atoms with van der Waals surface area (Å²) in [6.45, 7) is 3.49. The van der Waals surface area contributed by atoms with Gasteiger partial charge in [-0.25, -0.2) is 0 Å². The van der Waals surface area contributed by atoms with Crippen molar-refractivity contribution in [3.63, 3.8) is 0 Å². The summed E-state index contributed by atoms with van der Waals surface area (Å²) in [4.78, 5) is 21.2. The molecule has 1 aliphatic heterocycles. The molecule has 0 aliphatic carbocycles. The van der Waals surface area contributed by atoms with Crippen LogP contribution in [0.5, 0.6) is 11.5 Å². The summed E-state index contributed by atoms with van der Waals surface area (Å²) in [7, 11) is 0. The highest BCUT2D eigenvalue weighted by atomic mass is 32.1. The highest BCUT2D eigenvalue weighted by Gasteiger charge is 2.33. The Bertz CT molecular complexity index is 1260. The van der Waals surface area contributed by atoms with Crippen LogP contribution in [-0.2, 0) is 13.0 Å². The predicted molar refractivity (Wildman–Crippen MR) is 134 cm³/mol. The molecule has 0 fully saturated rings. The largest absolute Gasteiger partial charge is 0.490 e. The van der Waals surface area contributed by atoms with E-state index in [0.29, 0.717) is 36.8 Å². The average molecular weight is 471 g/mol. The van der Waals surface area contributed by atoms with Gasteiger partial charge in [-0.15, -0.1) is 11.3 Å². The van der Waals surface area contributed by atoms with Gasteiger partial charge in [0, 0.05) is 29.4 Å². The fourth-order valence-corrected chi connectivity index (χ4v) is 5.27. The third kappa shape index (κ3) is 4.54. The zero-order chi connectivity index (χ0) is 23.3. The van der Waals surface area contributed by atoms with E-state index in [2.05, 4.69) is 28.6 Å². The van der Waals surface area contributed by atoms with Gasteiger partial charge in [0.2, 0.25) is 0 Å². The molecule has 5 rings (SSSR count). The number of nitrogens with zero attached hydrogens (tertiary/aromatic N) is 2. The lowest BCUT2D eigenvalue weighted by Gasteiger charge is -2.36. The minimum atomic E-state index is -0.0955. The van der Waals surface area contributed by atoms with E-state index < -0.39 is 0 Å². The third-order valence-electron chi connectivity index (χ3n) is 5.98. The first kappa shape index (κ1) is 22.2. The normalized spacial score (nSPS) is 15.0. The third-order valence-corrected chi connectivity index (χ3v) is 6.97. The number of carbonyl (C=O) groups is 1. The summed E-state index contributed by atoms with van der Waals surface area (Å²) in [6.07, 6.45) is 4.35. The van der Waals surface area contributed by atoms with Gasteiger partial charge in [0.05, 0.1) is 12.6 Å². The van der Waals surface area contributed by atoms with Crippen molar-refractivity contribution in [1.29, 1.82) is 0 Å². The van der Waals surface area contributed by atoms with Crippen molar-refractivity contribution in [3.8, 4) is 11.5 Å². The molecule has 5 nitrogen and oxygen atoms in total. The van der Waals surface area contributed by atoms with Crippen LogP contribution in [0.3, 0.4) is 0 Å². The van der Waals surface area contributed by atoms with Crippen LogP contribution in [-0.4, -0.2) is 28.9 Å². The Hall–Kier alpha value is -3.64. The predicted octanol–water partition coefficient (Wildman–Crippen LogP) is 5.91. The molecule has 172 valence electrons. The lowest BCUT2D eigenvalue weighted by Crippen LogP contribution is -2.40. The molecule has 0 N–H and O–H groups in total. The molecule has 3 heterocycles. The lowest BCUT2D eigenvalue weighted by atomic mass is 9.92. The Kier molecular flexibility index (Phi) is 6.58. The first-order valence-electron chi connectivity index (χ1n) is 11.5. The van der Waals surface area contributed by atoms with Crippen molar-refractivity contribution >= 4 is 17.2 Å². The molecule has 1 amide bonds. The summed E-state index contributed by atoms with van der Waals surface area (Å²) >= 11 is 1.77. The van der Waals surface area contributed by atoms with E-state index in [9.17, 15) is 4.79 Å². The van der Waals surface area contributed by atoms with Crippen molar-refractivity contribution in [3.05, 3.63) is 112 Å². The highest BCUT2D eigenvalue weighted by molar-refractivity contribution is 7.10. The molecule has 0 bridgehead atoms. The van der Waals surface area contributed by atoms with Crippen molar-refractivity contribution < 1.29 is 14.3 Å². The average Bonchev–Trinajstić information content (AvgIpc) is 3.37. The number of fused-ring (bicyclic) bond motifs is 1. The van der Waals surface area contributed by atoms with Gasteiger partial charge in [0.15, 0.2) is 11.5 Å². The molecule has 2 aromatic heterocycles. The Morgan fingerprint density at radius 2 is 1.85 bits per heavy atom. The van der Waals surface area contributed by atoms with Crippen molar-refractivity contribution in [2.45, 2.75) is 26.0 Å². The summed E-state index contributed by atoms with van der Waals surface area (Å²) < 4.78 is 11.9. The second kappa shape index (κ2) is 10.1. The van der Waals surface area contributed by atoms with Crippen LogP contribution in [0, 0.1) is 0 Å². The standard InChI is InChI=1S/C28H26N2O3S/c1-2-32-25-18-22(8-9-24(25)33-19-20-10-14-29-15-11-20)28(31)30-16-12-26-23(13-17-34-26)27(30)21-6-4-3-5-7-21/h3-11,13-15,17-18,27H,2,12,16,19H2,1H3. The minimum absolute atomic E-state index is 0.00709. The van der Waals surface area contributed by atoms with Gasteiger partial charge in [-0.2, -0.15) is 0 Å². The van der Waals surface area contributed by atoms with Crippen LogP contribution < -0.4 is 9.47 Å². The van der Waals surface area contributed by atoms with Crippen LogP contribution >= 0.6 is 11.3 Å². The Morgan fingerprint density at radius 1 is 1.03 bits per heavy atom. The van der Waals surface area contributed by atoms with Gasteiger partial charge < -0.3 is 14.4 Å². The number of amides is 1. The molecule has 0 spiro atoms. The maximum Gasteiger partial charge on any atom is 0.254 e. The smallest absolute Gasteiger partial charge is 0.254 e. The molecular weight excluding hydrogens is 444 g/mol. The topological polar surface area (TPSA) is 51.7 Å². The summed E-state index contributed by atoms with van der Waals surface area (Å²) in [5.41, 5.74) is 3.96. The number of rotatable bonds is 7. The number of hydrogen-bond donors (Lipinski definition) is 0. The number of ether oxygens (including phenoxy) is 2. The second-order valence-electron chi connectivity index (χ2n) is 8.10. The molecule has 0 saturated heterocycles. The van der Waals surface area contributed by atoms with E-state index in [1.165, 1.54) is 10.4 Å². The molecule has 1 atom stereocenters. The monoisotopic (exact) mass is 470 g/mol. The van der Waals surface area contributed by atoms with Crippen molar-refractivity contribution in [1.82, 2.24) is 9.88 Å².